The van der Waals surface area contributed by atoms with Crippen molar-refractivity contribution in [2.24, 2.45) is 0 Å². The number of anilines is 1. The topological polar surface area (TPSA) is 85.5 Å². The standard InChI is InChI=1S/C28H32FN3O4.2ClH/c1-6-9-22-19-14-26(35-5)25(34-4)13-18(19)20(28(33)32-22)11-17-10-16-12-24(36-8-3)21(29)15-23(16)31-27(17)30-7-2;;/h10,12-15H,6-9,11H2,1-5H3,(H,30,31)(H,32,33);2*1H. The molecule has 0 aliphatic rings. The monoisotopic (exact) mass is 565 g/mol. The Bertz CT molecular complexity index is 1480. The van der Waals surface area contributed by atoms with Gasteiger partial charge in [-0.2, -0.15) is 0 Å². The minimum atomic E-state index is -0.456. The fourth-order valence-electron chi connectivity index (χ4n) is 4.53. The van der Waals surface area contributed by atoms with Gasteiger partial charge in [-0.05, 0) is 55.5 Å². The third-order valence-corrected chi connectivity index (χ3v) is 6.17. The molecule has 0 saturated heterocycles. The van der Waals surface area contributed by atoms with E-state index >= 15 is 0 Å². The summed E-state index contributed by atoms with van der Waals surface area (Å²) in [5.41, 5.74) is 2.64. The lowest BCUT2D eigenvalue weighted by Crippen LogP contribution is -2.17. The Morgan fingerprint density at radius 3 is 2.24 bits per heavy atom. The summed E-state index contributed by atoms with van der Waals surface area (Å²) in [7, 11) is 3.17. The Kier molecular flexibility index (Phi) is 11.0. The Labute approximate surface area is 233 Å². The van der Waals surface area contributed by atoms with E-state index in [4.69, 9.17) is 14.2 Å². The fraction of sp³-hybridized carbons (Fsp3) is 0.357. The number of rotatable bonds is 10. The number of pyridine rings is 2. The van der Waals surface area contributed by atoms with Crippen LogP contribution in [-0.4, -0.2) is 37.3 Å². The number of aromatic nitrogens is 2. The maximum Gasteiger partial charge on any atom is 0.252 e. The van der Waals surface area contributed by atoms with Crippen molar-refractivity contribution in [1.29, 1.82) is 0 Å². The molecule has 2 aromatic heterocycles. The van der Waals surface area contributed by atoms with E-state index in [1.165, 1.54) is 6.07 Å². The molecule has 0 saturated carbocycles. The van der Waals surface area contributed by atoms with Crippen molar-refractivity contribution >= 4 is 52.3 Å². The normalized spacial score (nSPS) is 10.6. The van der Waals surface area contributed by atoms with Gasteiger partial charge in [-0.3, -0.25) is 4.79 Å². The van der Waals surface area contributed by atoms with Gasteiger partial charge in [0.15, 0.2) is 23.1 Å². The molecule has 4 rings (SSSR count). The van der Waals surface area contributed by atoms with E-state index in [0.29, 0.717) is 48.0 Å². The van der Waals surface area contributed by atoms with Crippen LogP contribution in [0.15, 0.2) is 35.1 Å². The zero-order valence-corrected chi connectivity index (χ0v) is 23.8. The highest BCUT2D eigenvalue weighted by atomic mass is 35.5. The molecule has 0 bridgehead atoms. The van der Waals surface area contributed by atoms with Crippen LogP contribution in [0.3, 0.4) is 0 Å². The van der Waals surface area contributed by atoms with Crippen molar-refractivity contribution in [3.05, 3.63) is 63.3 Å². The van der Waals surface area contributed by atoms with Crippen molar-refractivity contribution < 1.29 is 18.6 Å². The van der Waals surface area contributed by atoms with Gasteiger partial charge in [0.25, 0.3) is 5.56 Å². The first-order chi connectivity index (χ1) is 17.4. The summed E-state index contributed by atoms with van der Waals surface area (Å²) in [6, 6.07) is 8.75. The van der Waals surface area contributed by atoms with Crippen LogP contribution in [0.1, 0.15) is 44.0 Å². The molecule has 206 valence electrons. The molecule has 2 aromatic carbocycles. The molecule has 0 amide bonds. The van der Waals surface area contributed by atoms with Gasteiger partial charge in [0.05, 0.1) is 26.3 Å². The van der Waals surface area contributed by atoms with E-state index in [-0.39, 0.29) is 36.1 Å². The Balaban J connectivity index is 0.00000253. The molecule has 0 unspecified atom stereocenters. The van der Waals surface area contributed by atoms with Crippen molar-refractivity contribution in [1.82, 2.24) is 9.97 Å². The minimum absolute atomic E-state index is 0. The molecule has 10 heteroatoms. The summed E-state index contributed by atoms with van der Waals surface area (Å²) in [4.78, 5) is 21.1. The zero-order chi connectivity index (χ0) is 25.8. The van der Waals surface area contributed by atoms with E-state index in [1.54, 1.807) is 20.3 Å². The number of nitrogens with zero attached hydrogens (tertiary/aromatic N) is 1. The Morgan fingerprint density at radius 1 is 0.947 bits per heavy atom. The fourth-order valence-corrected chi connectivity index (χ4v) is 4.53. The molecule has 0 fully saturated rings. The summed E-state index contributed by atoms with van der Waals surface area (Å²) < 4.78 is 31.0. The van der Waals surface area contributed by atoms with Crippen LogP contribution in [0.25, 0.3) is 21.7 Å². The highest BCUT2D eigenvalue weighted by molar-refractivity contribution is 5.91. The molecule has 38 heavy (non-hydrogen) atoms. The van der Waals surface area contributed by atoms with Crippen LogP contribution >= 0.6 is 24.8 Å². The highest BCUT2D eigenvalue weighted by Gasteiger charge is 2.18. The first kappa shape index (κ1) is 31.0. The lowest BCUT2D eigenvalue weighted by Gasteiger charge is -2.16. The van der Waals surface area contributed by atoms with Crippen molar-refractivity contribution in [3.8, 4) is 17.2 Å². The van der Waals surface area contributed by atoms with Gasteiger partial charge >= 0.3 is 0 Å². The van der Waals surface area contributed by atoms with Crippen LogP contribution in [0.5, 0.6) is 17.2 Å². The number of fused-ring (bicyclic) bond motifs is 2. The molecule has 0 aliphatic heterocycles. The lowest BCUT2D eigenvalue weighted by atomic mass is 9.96. The van der Waals surface area contributed by atoms with Gasteiger partial charge < -0.3 is 24.5 Å². The van der Waals surface area contributed by atoms with Crippen LogP contribution in [0.2, 0.25) is 0 Å². The highest BCUT2D eigenvalue weighted by Crippen LogP contribution is 2.36. The second-order valence-corrected chi connectivity index (χ2v) is 8.53. The second kappa shape index (κ2) is 13.5. The lowest BCUT2D eigenvalue weighted by molar-refractivity contribution is 0.322. The van der Waals surface area contributed by atoms with Gasteiger partial charge in [0.1, 0.15) is 5.82 Å². The predicted octanol–water partition coefficient (Wildman–Crippen LogP) is 6.45. The quantitative estimate of drug-likeness (QED) is 0.230. The number of ether oxygens (including phenoxy) is 3. The van der Waals surface area contributed by atoms with E-state index in [0.717, 1.165) is 40.3 Å². The Hall–Kier alpha value is -3.23. The number of benzene rings is 2. The largest absolute Gasteiger partial charge is 0.493 e. The summed E-state index contributed by atoms with van der Waals surface area (Å²) in [6.07, 6.45) is 1.93. The summed E-state index contributed by atoms with van der Waals surface area (Å²) >= 11 is 0. The number of H-pyrrole nitrogens is 1. The zero-order valence-electron chi connectivity index (χ0n) is 22.2. The van der Waals surface area contributed by atoms with Gasteiger partial charge in [-0.1, -0.05) is 13.3 Å². The smallest absolute Gasteiger partial charge is 0.252 e. The van der Waals surface area contributed by atoms with E-state index in [9.17, 15) is 9.18 Å². The Morgan fingerprint density at radius 2 is 1.63 bits per heavy atom. The minimum Gasteiger partial charge on any atom is -0.493 e. The average molecular weight is 567 g/mol. The predicted molar refractivity (Wildman–Crippen MR) is 156 cm³/mol. The molecule has 7 nitrogen and oxygen atoms in total. The number of hydrogen-bond donors (Lipinski definition) is 2. The van der Waals surface area contributed by atoms with Gasteiger partial charge in [0, 0.05) is 41.1 Å². The van der Waals surface area contributed by atoms with E-state index in [1.807, 2.05) is 32.0 Å². The first-order valence-corrected chi connectivity index (χ1v) is 12.2. The molecule has 0 aliphatic carbocycles. The molecular weight excluding hydrogens is 532 g/mol. The maximum absolute atomic E-state index is 14.5. The third kappa shape index (κ3) is 6.08. The number of aryl methyl sites for hydroxylation is 1. The summed E-state index contributed by atoms with van der Waals surface area (Å²) in [5.74, 6) is 1.49. The molecular formula is C28H34Cl2FN3O4. The molecule has 0 atom stereocenters. The van der Waals surface area contributed by atoms with Gasteiger partial charge in [-0.25, -0.2) is 9.37 Å². The first-order valence-electron chi connectivity index (χ1n) is 12.2. The average Bonchev–Trinajstić information content (AvgIpc) is 2.87. The summed E-state index contributed by atoms with van der Waals surface area (Å²) in [5, 5.41) is 5.72. The van der Waals surface area contributed by atoms with Crippen molar-refractivity contribution in [2.45, 2.75) is 40.0 Å². The number of methoxy groups -OCH3 is 2. The van der Waals surface area contributed by atoms with Crippen molar-refractivity contribution in [2.75, 3.05) is 32.7 Å². The SMILES string of the molecule is CCCc1[nH]c(=O)c(Cc2cc3cc(OCC)c(F)cc3nc2NCC)c2cc(OC)c(OC)cc12.Cl.Cl. The number of nitrogens with one attached hydrogen (secondary N) is 2. The molecule has 0 spiro atoms. The number of halogens is 3. The third-order valence-electron chi connectivity index (χ3n) is 6.17. The van der Waals surface area contributed by atoms with Crippen LogP contribution < -0.4 is 25.1 Å². The van der Waals surface area contributed by atoms with Crippen LogP contribution in [0.4, 0.5) is 10.2 Å². The molecule has 4 aromatic rings. The second-order valence-electron chi connectivity index (χ2n) is 8.53. The molecule has 0 radical (unpaired) electrons. The number of aromatic amines is 1. The molecule has 2 N–H and O–H groups in total. The number of hydrogen-bond acceptors (Lipinski definition) is 6. The van der Waals surface area contributed by atoms with Gasteiger partial charge in [-0.15, -0.1) is 24.8 Å². The van der Waals surface area contributed by atoms with Crippen molar-refractivity contribution in [3.63, 3.8) is 0 Å². The molecule has 2 heterocycles. The van der Waals surface area contributed by atoms with E-state index < -0.39 is 5.82 Å². The van der Waals surface area contributed by atoms with E-state index in [2.05, 4.69) is 22.2 Å². The summed E-state index contributed by atoms with van der Waals surface area (Å²) in [6.45, 7) is 6.83. The maximum atomic E-state index is 14.5. The van der Waals surface area contributed by atoms with Crippen LogP contribution in [-0.2, 0) is 12.8 Å². The van der Waals surface area contributed by atoms with Gasteiger partial charge in [0.2, 0.25) is 0 Å². The van der Waals surface area contributed by atoms with Crippen LogP contribution in [0, 0.1) is 5.82 Å².